The van der Waals surface area contributed by atoms with Crippen molar-refractivity contribution in [2.24, 2.45) is 5.50 Å². The number of aromatic nitrogens is 2. The standard InChI is InChI=1S/C27H25FN5O3P/c1-16(34)32-22-13-19(12-18-4-3-10-30-24(18)22)27(35)31-11-9-21-14-23-26(36-15-37(23,2)29)25(33-21)17-5-7-20(28)8-6-17/h3-8,10,12-14H,9,11,15,29H2,1-2H3,(H-,31,32,34,35)/p+1. The third-order valence-electron chi connectivity index (χ3n) is 6.10. The number of benzene rings is 2. The van der Waals surface area contributed by atoms with Gasteiger partial charge < -0.3 is 15.4 Å². The van der Waals surface area contributed by atoms with Crippen LogP contribution in [0.25, 0.3) is 22.2 Å². The quantitative estimate of drug-likeness (QED) is 0.334. The highest BCUT2D eigenvalue weighted by Crippen LogP contribution is 2.54. The number of nitrogens with two attached hydrogens (primary N) is 1. The zero-order valence-electron chi connectivity index (χ0n) is 20.4. The minimum atomic E-state index is -1.97. The lowest BCUT2D eigenvalue weighted by Crippen LogP contribution is -2.26. The Balaban J connectivity index is 1.38. The third kappa shape index (κ3) is 5.14. The minimum absolute atomic E-state index is 0.247. The molecule has 0 radical (unpaired) electrons. The van der Waals surface area contributed by atoms with Crippen molar-refractivity contribution in [3.8, 4) is 17.0 Å². The third-order valence-corrected chi connectivity index (χ3v) is 8.19. The smallest absolute Gasteiger partial charge is 0.251 e. The summed E-state index contributed by atoms with van der Waals surface area (Å²) in [5, 5.41) is 7.36. The Bertz CT molecular complexity index is 1530. The predicted molar refractivity (Wildman–Crippen MR) is 144 cm³/mol. The van der Waals surface area contributed by atoms with E-state index in [-0.39, 0.29) is 17.6 Å². The number of hydrogen-bond acceptors (Lipinski definition) is 6. The molecule has 3 heterocycles. The number of nitrogens with one attached hydrogen (secondary N) is 2. The number of halogens is 1. The summed E-state index contributed by atoms with van der Waals surface area (Å²) >= 11 is 0. The van der Waals surface area contributed by atoms with Crippen LogP contribution in [0.5, 0.6) is 5.75 Å². The second-order valence-corrected chi connectivity index (χ2v) is 12.4. The molecule has 0 bridgehead atoms. The van der Waals surface area contributed by atoms with E-state index in [9.17, 15) is 14.0 Å². The first kappa shape index (κ1) is 24.7. The summed E-state index contributed by atoms with van der Waals surface area (Å²) in [5.74, 6) is -0.213. The van der Waals surface area contributed by atoms with Gasteiger partial charge in [0, 0.05) is 54.4 Å². The topological polar surface area (TPSA) is 119 Å². The normalized spacial score (nSPS) is 16.2. The van der Waals surface area contributed by atoms with Gasteiger partial charge >= 0.3 is 0 Å². The van der Waals surface area contributed by atoms with Crippen LogP contribution in [0.3, 0.4) is 0 Å². The van der Waals surface area contributed by atoms with Crippen LogP contribution in [0, 0.1) is 5.82 Å². The fourth-order valence-corrected chi connectivity index (χ4v) is 5.92. The van der Waals surface area contributed by atoms with Crippen LogP contribution < -0.4 is 26.2 Å². The van der Waals surface area contributed by atoms with Gasteiger partial charge in [0.15, 0.2) is 18.5 Å². The van der Waals surface area contributed by atoms with Crippen molar-refractivity contribution in [2.45, 2.75) is 13.3 Å². The summed E-state index contributed by atoms with van der Waals surface area (Å²) < 4.78 is 19.4. The monoisotopic (exact) mass is 518 g/mol. The van der Waals surface area contributed by atoms with E-state index in [1.165, 1.54) is 19.1 Å². The highest BCUT2D eigenvalue weighted by Gasteiger charge is 2.43. The second kappa shape index (κ2) is 9.84. The highest BCUT2D eigenvalue weighted by atomic mass is 31.2. The molecular formula is C27H26FN5O3P+. The lowest BCUT2D eigenvalue weighted by molar-refractivity contribution is -0.114. The minimum Gasteiger partial charge on any atom is -0.451 e. The van der Waals surface area contributed by atoms with Gasteiger partial charge in [-0.3, -0.25) is 14.6 Å². The Hall–Kier alpha value is -3.94. The fraction of sp³-hybridized carbons (Fsp3) is 0.185. The molecule has 5 rings (SSSR count). The van der Waals surface area contributed by atoms with Crippen LogP contribution >= 0.6 is 7.41 Å². The summed E-state index contributed by atoms with van der Waals surface area (Å²) in [6, 6.07) is 15.0. The highest BCUT2D eigenvalue weighted by molar-refractivity contribution is 7.80. The van der Waals surface area contributed by atoms with E-state index in [4.69, 9.17) is 15.2 Å². The molecule has 0 spiro atoms. The zero-order chi connectivity index (χ0) is 26.2. The van der Waals surface area contributed by atoms with Gasteiger partial charge in [-0.25, -0.2) is 9.37 Å². The number of pyridine rings is 2. The molecule has 37 heavy (non-hydrogen) atoms. The van der Waals surface area contributed by atoms with E-state index < -0.39 is 7.41 Å². The maximum Gasteiger partial charge on any atom is 0.251 e. The Labute approximate surface area is 213 Å². The summed E-state index contributed by atoms with van der Waals surface area (Å²) in [5.41, 5.74) is 10.2. The number of carbonyl (C=O) groups excluding carboxylic acids is 2. The van der Waals surface area contributed by atoms with Crippen molar-refractivity contribution >= 4 is 41.1 Å². The number of anilines is 1. The lowest BCUT2D eigenvalue weighted by atomic mass is 10.1. The van der Waals surface area contributed by atoms with Gasteiger partial charge in [-0.05, 0) is 42.5 Å². The van der Waals surface area contributed by atoms with E-state index in [2.05, 4.69) is 15.6 Å². The molecule has 2 aromatic carbocycles. The summed E-state index contributed by atoms with van der Waals surface area (Å²) in [7, 11) is -1.97. The Morgan fingerprint density at radius 1 is 1.16 bits per heavy atom. The van der Waals surface area contributed by atoms with Crippen molar-refractivity contribution in [1.29, 1.82) is 0 Å². The van der Waals surface area contributed by atoms with Crippen LogP contribution in [-0.4, -0.2) is 41.3 Å². The van der Waals surface area contributed by atoms with E-state index >= 15 is 0 Å². The van der Waals surface area contributed by atoms with Crippen molar-refractivity contribution in [3.63, 3.8) is 0 Å². The molecule has 4 N–H and O–H groups in total. The zero-order valence-corrected chi connectivity index (χ0v) is 21.3. The Kier molecular flexibility index (Phi) is 6.58. The summed E-state index contributed by atoms with van der Waals surface area (Å²) in [6.45, 7) is 3.74. The summed E-state index contributed by atoms with van der Waals surface area (Å²) in [6.07, 6.45) is 2.52. The van der Waals surface area contributed by atoms with Gasteiger partial charge in [-0.1, -0.05) is 6.07 Å². The van der Waals surface area contributed by atoms with E-state index in [1.54, 1.807) is 36.5 Å². The molecule has 0 saturated heterocycles. The van der Waals surface area contributed by atoms with Crippen LogP contribution in [0.2, 0.25) is 0 Å². The lowest BCUT2D eigenvalue weighted by Gasteiger charge is -2.12. The van der Waals surface area contributed by atoms with Gasteiger partial charge in [0.25, 0.3) is 5.91 Å². The molecular weight excluding hydrogens is 492 g/mol. The first-order chi connectivity index (χ1) is 17.7. The molecule has 1 atom stereocenters. The number of ether oxygens (including phenoxy) is 1. The number of fused-ring (bicyclic) bond motifs is 2. The van der Waals surface area contributed by atoms with E-state index in [0.717, 1.165) is 21.9 Å². The molecule has 8 nitrogen and oxygen atoms in total. The molecule has 0 saturated carbocycles. The number of carbonyl (C=O) groups is 2. The van der Waals surface area contributed by atoms with Gasteiger partial charge in [0.2, 0.25) is 12.3 Å². The Morgan fingerprint density at radius 2 is 1.95 bits per heavy atom. The average Bonchev–Trinajstić information content (AvgIpc) is 3.18. The molecule has 1 aliphatic rings. The number of rotatable bonds is 6. The molecule has 1 aliphatic heterocycles. The van der Waals surface area contributed by atoms with Crippen molar-refractivity contribution < 1.29 is 18.7 Å². The maximum absolute atomic E-state index is 13.5. The maximum atomic E-state index is 13.5. The number of nitrogens with zero attached hydrogens (tertiary/aromatic N) is 2. The van der Waals surface area contributed by atoms with Crippen LogP contribution in [0.15, 0.2) is 60.8 Å². The Morgan fingerprint density at radius 3 is 2.70 bits per heavy atom. The van der Waals surface area contributed by atoms with Crippen LogP contribution in [-0.2, 0) is 11.2 Å². The summed E-state index contributed by atoms with van der Waals surface area (Å²) in [4.78, 5) is 33.7. The first-order valence-corrected chi connectivity index (χ1v) is 14.2. The van der Waals surface area contributed by atoms with Crippen LogP contribution in [0.4, 0.5) is 10.1 Å². The number of hydrogen-bond donors (Lipinski definition) is 3. The molecule has 10 heteroatoms. The molecule has 4 aromatic rings. The van der Waals surface area contributed by atoms with Gasteiger partial charge in [0.1, 0.15) is 11.5 Å². The van der Waals surface area contributed by atoms with Crippen molar-refractivity contribution in [3.05, 3.63) is 77.9 Å². The molecule has 2 aromatic heterocycles. The molecule has 0 aliphatic carbocycles. The van der Waals surface area contributed by atoms with Gasteiger partial charge in [-0.15, -0.1) is 0 Å². The first-order valence-electron chi connectivity index (χ1n) is 11.7. The van der Waals surface area contributed by atoms with Crippen LogP contribution in [0.1, 0.15) is 23.0 Å². The molecule has 1 unspecified atom stereocenters. The van der Waals surface area contributed by atoms with Gasteiger partial charge in [-0.2, -0.15) is 5.50 Å². The average molecular weight is 519 g/mol. The van der Waals surface area contributed by atoms with Crippen molar-refractivity contribution in [2.75, 3.05) is 24.9 Å². The predicted octanol–water partition coefficient (Wildman–Crippen LogP) is 3.86. The van der Waals surface area contributed by atoms with Gasteiger partial charge in [0.05, 0.1) is 17.9 Å². The van der Waals surface area contributed by atoms with E-state index in [0.29, 0.717) is 47.5 Å². The second-order valence-electron chi connectivity index (χ2n) is 9.14. The fourth-order valence-electron chi connectivity index (χ4n) is 4.31. The van der Waals surface area contributed by atoms with Crippen molar-refractivity contribution in [1.82, 2.24) is 15.3 Å². The number of amides is 2. The SMILES string of the molecule is CC(=O)Nc1cc(C(=O)NCCc2cc3c(c(-c4ccc(F)cc4)n2)OC[P+]3(C)N)cc2cccnc12. The molecule has 188 valence electrons. The largest absolute Gasteiger partial charge is 0.451 e. The molecule has 0 fully saturated rings. The molecule has 2 amide bonds. The van der Waals surface area contributed by atoms with E-state index in [1.807, 2.05) is 18.8 Å².